The van der Waals surface area contributed by atoms with Gasteiger partial charge in [0.1, 0.15) is 0 Å². The van der Waals surface area contributed by atoms with Crippen LogP contribution >= 0.6 is 34.7 Å². The first-order valence-corrected chi connectivity index (χ1v) is 10.8. The van der Waals surface area contributed by atoms with E-state index < -0.39 is 5.97 Å². The van der Waals surface area contributed by atoms with Crippen molar-refractivity contribution in [3.63, 3.8) is 0 Å². The molecule has 1 fully saturated rings. The van der Waals surface area contributed by atoms with Gasteiger partial charge in [-0.15, -0.1) is 11.3 Å². The second-order valence-corrected chi connectivity index (χ2v) is 8.90. The molecule has 1 aliphatic heterocycles. The zero-order valence-electron chi connectivity index (χ0n) is 14.8. The average molecular weight is 426 g/mol. The van der Waals surface area contributed by atoms with E-state index >= 15 is 0 Å². The molecule has 1 unspecified atom stereocenters. The summed E-state index contributed by atoms with van der Waals surface area (Å²) < 4.78 is 0.708. The predicted molar refractivity (Wildman–Crippen MR) is 109 cm³/mol. The smallest absolute Gasteiger partial charge is 0.355 e. The van der Waals surface area contributed by atoms with Crippen LogP contribution in [0.1, 0.15) is 28.9 Å². The summed E-state index contributed by atoms with van der Waals surface area (Å²) in [6.07, 6.45) is 1.37. The maximum Gasteiger partial charge on any atom is 0.355 e. The van der Waals surface area contributed by atoms with Crippen LogP contribution in [0.3, 0.4) is 0 Å². The summed E-state index contributed by atoms with van der Waals surface area (Å²) in [6.45, 7) is 3.26. The number of aromatic nitrogens is 1. The Balaban J connectivity index is 1.52. The molecule has 1 aromatic carbocycles. The summed E-state index contributed by atoms with van der Waals surface area (Å²) in [5.74, 6) is -0.184. The van der Waals surface area contributed by atoms with Crippen LogP contribution in [-0.4, -0.2) is 51.8 Å². The lowest BCUT2D eigenvalue weighted by atomic mass is 10.2. The monoisotopic (exact) mass is 425 g/mol. The van der Waals surface area contributed by atoms with E-state index in [-0.39, 0.29) is 17.6 Å². The van der Waals surface area contributed by atoms with Gasteiger partial charge in [0, 0.05) is 36.7 Å². The number of amides is 1. The number of thiazole rings is 1. The van der Waals surface area contributed by atoms with Crippen LogP contribution in [-0.2, 0) is 4.79 Å². The Morgan fingerprint density at radius 2 is 2.33 bits per heavy atom. The molecule has 2 aromatic rings. The SMILES string of the molecule is Cc1ccc(NCC2CCC(=O)N2CCSc2nc(C(=O)O)cs2)c(Cl)c1. The Bertz CT molecular complexity index is 843. The number of anilines is 1. The number of hydrogen-bond donors (Lipinski definition) is 2. The highest BCUT2D eigenvalue weighted by atomic mass is 35.5. The van der Waals surface area contributed by atoms with Crippen molar-refractivity contribution in [2.45, 2.75) is 30.1 Å². The molecule has 0 aliphatic carbocycles. The second-order valence-electron chi connectivity index (χ2n) is 6.30. The Kier molecular flexibility index (Phi) is 6.62. The van der Waals surface area contributed by atoms with Gasteiger partial charge in [-0.3, -0.25) is 4.79 Å². The van der Waals surface area contributed by atoms with E-state index in [2.05, 4.69) is 10.3 Å². The highest BCUT2D eigenvalue weighted by Gasteiger charge is 2.30. The van der Waals surface area contributed by atoms with Gasteiger partial charge in [-0.1, -0.05) is 29.4 Å². The number of halogens is 1. The summed E-state index contributed by atoms with van der Waals surface area (Å²) in [5.41, 5.74) is 2.05. The first-order valence-electron chi connectivity index (χ1n) is 8.55. The number of thioether (sulfide) groups is 1. The number of hydrogen-bond acceptors (Lipinski definition) is 6. The minimum Gasteiger partial charge on any atom is -0.476 e. The van der Waals surface area contributed by atoms with E-state index in [1.165, 1.54) is 28.5 Å². The molecule has 2 heterocycles. The summed E-state index contributed by atoms with van der Waals surface area (Å²) in [4.78, 5) is 29.0. The first-order chi connectivity index (χ1) is 12.9. The average Bonchev–Trinajstić information content (AvgIpc) is 3.22. The number of carboxylic acids is 1. The number of likely N-dealkylation sites (tertiary alicyclic amines) is 1. The number of aryl methyl sites for hydroxylation is 1. The van der Waals surface area contributed by atoms with Crippen molar-refractivity contribution in [2.75, 3.05) is 24.2 Å². The molecule has 0 saturated carbocycles. The molecule has 0 spiro atoms. The minimum atomic E-state index is -1.02. The Labute approximate surface area is 170 Å². The maximum atomic E-state index is 12.2. The number of nitrogens with one attached hydrogen (secondary N) is 1. The number of nitrogens with zero attached hydrogens (tertiary/aromatic N) is 2. The fourth-order valence-corrected chi connectivity index (χ4v) is 5.07. The summed E-state index contributed by atoms with van der Waals surface area (Å²) in [5, 5.41) is 14.5. The lowest BCUT2D eigenvalue weighted by Gasteiger charge is -2.25. The highest BCUT2D eigenvalue weighted by Crippen LogP contribution is 2.26. The second kappa shape index (κ2) is 8.95. The van der Waals surface area contributed by atoms with Gasteiger partial charge in [0.05, 0.1) is 10.7 Å². The molecule has 2 N–H and O–H groups in total. The zero-order chi connectivity index (χ0) is 19.4. The van der Waals surface area contributed by atoms with Crippen molar-refractivity contribution < 1.29 is 14.7 Å². The third kappa shape index (κ3) is 5.15. The van der Waals surface area contributed by atoms with Crippen LogP contribution < -0.4 is 5.32 Å². The number of rotatable bonds is 8. The van der Waals surface area contributed by atoms with Crippen molar-refractivity contribution in [1.29, 1.82) is 0 Å². The van der Waals surface area contributed by atoms with Crippen LogP contribution in [0.15, 0.2) is 27.9 Å². The molecule has 0 radical (unpaired) electrons. The van der Waals surface area contributed by atoms with Crippen molar-refractivity contribution in [1.82, 2.24) is 9.88 Å². The van der Waals surface area contributed by atoms with Gasteiger partial charge in [-0.05, 0) is 31.0 Å². The fourth-order valence-electron chi connectivity index (χ4n) is 2.96. The molecule has 9 heteroatoms. The summed E-state index contributed by atoms with van der Waals surface area (Å²) in [6, 6.07) is 6.00. The normalized spacial score (nSPS) is 16.7. The molecule has 3 rings (SSSR count). The lowest BCUT2D eigenvalue weighted by Crippen LogP contribution is -2.39. The van der Waals surface area contributed by atoms with E-state index in [1.807, 2.05) is 30.0 Å². The standard InChI is InChI=1S/C18H20ClN3O3S2/c1-11-2-4-14(13(19)8-11)20-9-12-3-5-16(23)22(12)6-7-26-18-21-15(10-27-18)17(24)25/h2,4,8,10,12,20H,3,5-7,9H2,1H3,(H,24,25). The maximum absolute atomic E-state index is 12.2. The first kappa shape index (κ1) is 20.0. The van der Waals surface area contributed by atoms with Crippen molar-refractivity contribution in [3.8, 4) is 0 Å². The van der Waals surface area contributed by atoms with E-state index in [0.29, 0.717) is 34.6 Å². The van der Waals surface area contributed by atoms with E-state index in [0.717, 1.165) is 17.7 Å². The molecular formula is C18H20ClN3O3S2. The van der Waals surface area contributed by atoms with Crippen molar-refractivity contribution in [3.05, 3.63) is 39.9 Å². The topological polar surface area (TPSA) is 82.5 Å². The molecule has 1 aliphatic rings. The molecule has 1 saturated heterocycles. The van der Waals surface area contributed by atoms with Crippen LogP contribution in [0.4, 0.5) is 5.69 Å². The van der Waals surface area contributed by atoms with Gasteiger partial charge in [0.15, 0.2) is 10.0 Å². The Morgan fingerprint density at radius 1 is 1.52 bits per heavy atom. The van der Waals surface area contributed by atoms with Crippen LogP contribution in [0, 0.1) is 6.92 Å². The van der Waals surface area contributed by atoms with Crippen LogP contribution in [0.2, 0.25) is 5.02 Å². The molecule has 1 aromatic heterocycles. The van der Waals surface area contributed by atoms with Gasteiger partial charge in [-0.2, -0.15) is 0 Å². The van der Waals surface area contributed by atoms with Gasteiger partial charge in [0.2, 0.25) is 5.91 Å². The van der Waals surface area contributed by atoms with Crippen LogP contribution in [0.5, 0.6) is 0 Å². The number of benzene rings is 1. The molecule has 144 valence electrons. The third-order valence-electron chi connectivity index (χ3n) is 4.37. The van der Waals surface area contributed by atoms with E-state index in [9.17, 15) is 9.59 Å². The molecule has 0 bridgehead atoms. The minimum absolute atomic E-state index is 0.0665. The lowest BCUT2D eigenvalue weighted by molar-refractivity contribution is -0.128. The third-order valence-corrected chi connectivity index (χ3v) is 6.68. The Hall–Kier alpha value is -1.77. The number of carboxylic acid groups (broad SMARTS) is 1. The predicted octanol–water partition coefficient (Wildman–Crippen LogP) is 4.00. The molecule has 1 amide bonds. The number of carbonyl (C=O) groups excluding carboxylic acids is 1. The van der Waals surface area contributed by atoms with E-state index in [4.69, 9.17) is 16.7 Å². The quantitative estimate of drug-likeness (QED) is 0.622. The van der Waals surface area contributed by atoms with Crippen molar-refractivity contribution in [2.24, 2.45) is 0 Å². The summed E-state index contributed by atoms with van der Waals surface area (Å²) in [7, 11) is 0. The van der Waals surface area contributed by atoms with E-state index in [1.54, 1.807) is 0 Å². The summed E-state index contributed by atoms with van der Waals surface area (Å²) >= 11 is 9.05. The van der Waals surface area contributed by atoms with Gasteiger partial charge in [-0.25, -0.2) is 9.78 Å². The highest BCUT2D eigenvalue weighted by molar-refractivity contribution is 8.01. The molecule has 1 atom stereocenters. The van der Waals surface area contributed by atoms with Crippen molar-refractivity contribution >= 4 is 52.3 Å². The molecular weight excluding hydrogens is 406 g/mol. The zero-order valence-corrected chi connectivity index (χ0v) is 17.2. The number of aromatic carboxylic acids is 1. The molecule has 27 heavy (non-hydrogen) atoms. The Morgan fingerprint density at radius 3 is 3.04 bits per heavy atom. The van der Waals surface area contributed by atoms with Gasteiger partial charge in [0.25, 0.3) is 0 Å². The van der Waals surface area contributed by atoms with Gasteiger partial charge < -0.3 is 15.3 Å². The van der Waals surface area contributed by atoms with Crippen LogP contribution in [0.25, 0.3) is 0 Å². The number of carbonyl (C=O) groups is 2. The van der Waals surface area contributed by atoms with Gasteiger partial charge >= 0.3 is 5.97 Å². The largest absolute Gasteiger partial charge is 0.476 e. The fraction of sp³-hybridized carbons (Fsp3) is 0.389. The molecule has 6 nitrogen and oxygen atoms in total.